The first-order valence-electron chi connectivity index (χ1n) is 10.5. The molecule has 0 bridgehead atoms. The number of hydrogen-bond donors (Lipinski definition) is 3. The standard InChI is InChI=1S/C12H14N2O3.C11H14N2O2/c1-17-11(15)8-9-3-2-4-10(7-9)14-6-5-13-12(14)16;14-7-4-9-2-1-3-10(8-9)13-6-5-12-11(13)15/h2-4,7H,5-6,8H2,1H3,(H,13,16);1-3,8,14H,4-7H2,(H,12,15). The van der Waals surface area contributed by atoms with E-state index < -0.39 is 0 Å². The number of amides is 4. The molecular weight excluding hydrogens is 412 g/mol. The zero-order valence-corrected chi connectivity index (χ0v) is 18.0. The number of rotatable bonds is 6. The number of carbonyl (C=O) groups is 3. The van der Waals surface area contributed by atoms with Crippen molar-refractivity contribution in [1.82, 2.24) is 10.6 Å². The molecule has 2 saturated heterocycles. The molecule has 0 atom stereocenters. The van der Waals surface area contributed by atoms with Crippen molar-refractivity contribution in [2.45, 2.75) is 12.8 Å². The number of methoxy groups -OCH3 is 1. The predicted molar refractivity (Wildman–Crippen MR) is 121 cm³/mol. The van der Waals surface area contributed by atoms with Crippen LogP contribution >= 0.6 is 0 Å². The molecule has 2 heterocycles. The van der Waals surface area contributed by atoms with Gasteiger partial charge in [0.25, 0.3) is 0 Å². The number of hydrogen-bond acceptors (Lipinski definition) is 5. The second-order valence-corrected chi connectivity index (χ2v) is 7.33. The zero-order valence-electron chi connectivity index (χ0n) is 18.0. The first kappa shape index (κ1) is 23.1. The predicted octanol–water partition coefficient (Wildman–Crippen LogP) is 1.68. The number of urea groups is 2. The Hall–Kier alpha value is -3.59. The van der Waals surface area contributed by atoms with E-state index in [0.29, 0.717) is 32.6 Å². The molecule has 32 heavy (non-hydrogen) atoms. The van der Waals surface area contributed by atoms with Crippen LogP contribution in [0.15, 0.2) is 48.5 Å². The van der Waals surface area contributed by atoms with Crippen molar-refractivity contribution in [3.05, 3.63) is 59.7 Å². The largest absolute Gasteiger partial charge is 0.469 e. The van der Waals surface area contributed by atoms with E-state index >= 15 is 0 Å². The number of anilines is 2. The second kappa shape index (κ2) is 11.1. The topological polar surface area (TPSA) is 111 Å². The van der Waals surface area contributed by atoms with E-state index in [-0.39, 0.29) is 31.1 Å². The maximum absolute atomic E-state index is 11.5. The van der Waals surface area contributed by atoms with Gasteiger partial charge in [-0.25, -0.2) is 9.59 Å². The van der Waals surface area contributed by atoms with Gasteiger partial charge in [-0.1, -0.05) is 24.3 Å². The summed E-state index contributed by atoms with van der Waals surface area (Å²) < 4.78 is 4.61. The van der Waals surface area contributed by atoms with Crippen LogP contribution in [0, 0.1) is 0 Å². The van der Waals surface area contributed by atoms with Crippen molar-refractivity contribution in [3.63, 3.8) is 0 Å². The molecule has 0 saturated carbocycles. The lowest BCUT2D eigenvalue weighted by Gasteiger charge is -2.14. The fourth-order valence-electron chi connectivity index (χ4n) is 3.52. The molecule has 2 fully saturated rings. The zero-order chi connectivity index (χ0) is 22.9. The van der Waals surface area contributed by atoms with Gasteiger partial charge in [-0.05, 0) is 41.8 Å². The first-order valence-corrected chi connectivity index (χ1v) is 10.5. The molecule has 2 aromatic carbocycles. The molecule has 0 aliphatic carbocycles. The molecular formula is C23H28N4O5. The lowest BCUT2D eigenvalue weighted by atomic mass is 10.1. The van der Waals surface area contributed by atoms with E-state index in [1.807, 2.05) is 48.5 Å². The van der Waals surface area contributed by atoms with Crippen LogP contribution in [0.25, 0.3) is 0 Å². The Morgan fingerprint density at radius 3 is 1.94 bits per heavy atom. The van der Waals surface area contributed by atoms with Crippen LogP contribution < -0.4 is 20.4 Å². The molecule has 0 unspecified atom stereocenters. The summed E-state index contributed by atoms with van der Waals surface area (Å²) in [6.07, 6.45) is 0.850. The fourth-order valence-corrected chi connectivity index (χ4v) is 3.52. The number of aliphatic hydroxyl groups excluding tert-OH is 1. The highest BCUT2D eigenvalue weighted by Crippen LogP contribution is 2.19. The Kier molecular flexibility index (Phi) is 8.04. The number of ether oxygens (including phenoxy) is 1. The minimum Gasteiger partial charge on any atom is -0.469 e. The monoisotopic (exact) mass is 440 g/mol. The van der Waals surface area contributed by atoms with E-state index in [9.17, 15) is 14.4 Å². The number of nitrogens with zero attached hydrogens (tertiary/aromatic N) is 2. The van der Waals surface area contributed by atoms with Crippen LogP contribution in [-0.2, 0) is 22.4 Å². The highest BCUT2D eigenvalue weighted by molar-refractivity contribution is 5.94. The van der Waals surface area contributed by atoms with Crippen molar-refractivity contribution in [1.29, 1.82) is 0 Å². The summed E-state index contributed by atoms with van der Waals surface area (Å²) in [5.41, 5.74) is 3.60. The Morgan fingerprint density at radius 1 is 0.938 bits per heavy atom. The van der Waals surface area contributed by atoms with E-state index in [4.69, 9.17) is 5.11 Å². The number of nitrogens with one attached hydrogen (secondary N) is 2. The summed E-state index contributed by atoms with van der Waals surface area (Å²) in [7, 11) is 1.36. The van der Waals surface area contributed by atoms with Crippen LogP contribution in [0.5, 0.6) is 0 Å². The third kappa shape index (κ3) is 5.98. The summed E-state index contributed by atoms with van der Waals surface area (Å²) in [5, 5.41) is 14.3. The number of carbonyl (C=O) groups excluding carboxylic acids is 3. The minimum atomic E-state index is -0.284. The average Bonchev–Trinajstić information content (AvgIpc) is 3.42. The van der Waals surface area contributed by atoms with E-state index in [1.165, 1.54) is 7.11 Å². The van der Waals surface area contributed by atoms with Crippen molar-refractivity contribution < 1.29 is 24.2 Å². The molecule has 4 amide bonds. The summed E-state index contributed by atoms with van der Waals surface area (Å²) in [4.78, 5) is 37.4. The lowest BCUT2D eigenvalue weighted by molar-refractivity contribution is -0.139. The van der Waals surface area contributed by atoms with Crippen LogP contribution in [0.2, 0.25) is 0 Å². The van der Waals surface area contributed by atoms with Gasteiger partial charge < -0.3 is 20.5 Å². The lowest BCUT2D eigenvalue weighted by Crippen LogP contribution is -2.27. The van der Waals surface area contributed by atoms with E-state index in [2.05, 4.69) is 15.4 Å². The molecule has 9 heteroatoms. The van der Waals surface area contributed by atoms with Crippen LogP contribution in [0.4, 0.5) is 21.0 Å². The van der Waals surface area contributed by atoms with Gasteiger partial charge in [0.2, 0.25) is 0 Å². The highest BCUT2D eigenvalue weighted by atomic mass is 16.5. The summed E-state index contributed by atoms with van der Waals surface area (Å²) >= 11 is 0. The molecule has 2 aliphatic rings. The van der Waals surface area contributed by atoms with Crippen molar-refractivity contribution in [2.75, 3.05) is 49.7 Å². The molecule has 3 N–H and O–H groups in total. The van der Waals surface area contributed by atoms with Crippen molar-refractivity contribution >= 4 is 29.4 Å². The summed E-state index contributed by atoms with van der Waals surface area (Å²) in [6, 6.07) is 14.9. The SMILES string of the molecule is COC(=O)Cc1cccc(N2CCNC2=O)c1.O=C1NCCN1c1cccc(CCO)c1. The smallest absolute Gasteiger partial charge is 0.321 e. The Labute approximate surface area is 187 Å². The van der Waals surface area contributed by atoms with Gasteiger partial charge in [-0.15, -0.1) is 0 Å². The van der Waals surface area contributed by atoms with Crippen molar-refractivity contribution in [3.8, 4) is 0 Å². The average molecular weight is 441 g/mol. The Morgan fingerprint density at radius 2 is 1.47 bits per heavy atom. The molecule has 9 nitrogen and oxygen atoms in total. The second-order valence-electron chi connectivity index (χ2n) is 7.33. The fraction of sp³-hybridized carbons (Fsp3) is 0.348. The molecule has 4 rings (SSSR count). The van der Waals surface area contributed by atoms with Gasteiger partial charge >= 0.3 is 18.0 Å². The van der Waals surface area contributed by atoms with Gasteiger partial charge in [0.05, 0.1) is 13.5 Å². The summed E-state index contributed by atoms with van der Waals surface area (Å²) in [6.45, 7) is 2.85. The van der Waals surface area contributed by atoms with E-state index in [0.717, 1.165) is 22.5 Å². The molecule has 0 spiro atoms. The molecule has 0 aromatic heterocycles. The van der Waals surface area contributed by atoms with Gasteiger partial charge in [0, 0.05) is 44.2 Å². The Balaban J connectivity index is 0.000000182. The Bertz CT molecular complexity index is 965. The highest BCUT2D eigenvalue weighted by Gasteiger charge is 2.22. The third-order valence-electron chi connectivity index (χ3n) is 5.13. The number of aliphatic hydroxyl groups is 1. The van der Waals surface area contributed by atoms with Crippen LogP contribution in [0.1, 0.15) is 11.1 Å². The molecule has 170 valence electrons. The van der Waals surface area contributed by atoms with Gasteiger partial charge in [0.15, 0.2) is 0 Å². The van der Waals surface area contributed by atoms with Gasteiger partial charge in [0.1, 0.15) is 0 Å². The number of esters is 1. The normalized spacial score (nSPS) is 15.1. The van der Waals surface area contributed by atoms with Gasteiger partial charge in [-0.2, -0.15) is 0 Å². The summed E-state index contributed by atoms with van der Waals surface area (Å²) in [5.74, 6) is -0.284. The minimum absolute atomic E-state index is 0.0452. The maximum atomic E-state index is 11.5. The van der Waals surface area contributed by atoms with Crippen LogP contribution in [-0.4, -0.2) is 63.0 Å². The molecule has 0 radical (unpaired) electrons. The van der Waals surface area contributed by atoms with E-state index in [1.54, 1.807) is 9.80 Å². The molecule has 2 aliphatic heterocycles. The van der Waals surface area contributed by atoms with Crippen LogP contribution in [0.3, 0.4) is 0 Å². The molecule has 2 aromatic rings. The third-order valence-corrected chi connectivity index (χ3v) is 5.13. The quantitative estimate of drug-likeness (QED) is 0.592. The van der Waals surface area contributed by atoms with Gasteiger partial charge in [-0.3, -0.25) is 14.6 Å². The first-order chi connectivity index (χ1) is 15.5. The number of benzene rings is 2. The maximum Gasteiger partial charge on any atom is 0.321 e. The van der Waals surface area contributed by atoms with Crippen molar-refractivity contribution in [2.24, 2.45) is 0 Å².